The topological polar surface area (TPSA) is 87.7 Å². The van der Waals surface area contributed by atoms with E-state index in [1.165, 1.54) is 0 Å². The number of fused-ring (bicyclic) bond motifs is 1. The maximum absolute atomic E-state index is 13.7. The molecule has 3 amide bonds. The predicted molar refractivity (Wildman–Crippen MR) is 130 cm³/mol. The molecule has 2 bridgehead atoms. The molecule has 5 atom stereocenters. The van der Waals surface area contributed by atoms with Crippen molar-refractivity contribution in [2.45, 2.75) is 50.1 Å². The number of nitrogens with zero attached hydrogens (tertiary/aromatic N) is 1. The van der Waals surface area contributed by atoms with E-state index < -0.39 is 29.6 Å². The number of rotatable bonds is 6. The Balaban J connectivity index is 1.28. The molecule has 2 aromatic carbocycles. The molecule has 180 valence electrons. The zero-order chi connectivity index (χ0) is 24.3. The monoisotopic (exact) mass is 491 g/mol. The first-order valence-electron chi connectivity index (χ1n) is 12.0. The summed E-state index contributed by atoms with van der Waals surface area (Å²) in [6.45, 7) is 2.24. The number of anilines is 1. The maximum atomic E-state index is 13.7. The van der Waals surface area contributed by atoms with Gasteiger partial charge in [-0.15, -0.1) is 0 Å². The Labute approximate surface area is 208 Å². The molecule has 1 spiro atoms. The van der Waals surface area contributed by atoms with E-state index in [1.54, 1.807) is 17.0 Å². The molecule has 6 rings (SSSR count). The van der Waals surface area contributed by atoms with E-state index >= 15 is 0 Å². The van der Waals surface area contributed by atoms with Crippen molar-refractivity contribution in [3.05, 3.63) is 76.8 Å². The van der Waals surface area contributed by atoms with Gasteiger partial charge in [0.05, 0.1) is 17.9 Å². The molecule has 1 saturated carbocycles. The molecule has 0 radical (unpaired) electrons. The van der Waals surface area contributed by atoms with Crippen molar-refractivity contribution in [1.29, 1.82) is 0 Å². The highest BCUT2D eigenvalue weighted by molar-refractivity contribution is 6.31. The molecule has 0 unspecified atom stereocenters. The summed E-state index contributed by atoms with van der Waals surface area (Å²) in [7, 11) is 0. The Morgan fingerprint density at radius 1 is 1.14 bits per heavy atom. The van der Waals surface area contributed by atoms with Crippen molar-refractivity contribution in [3.8, 4) is 0 Å². The molecule has 3 aliphatic heterocycles. The molecule has 2 saturated heterocycles. The number of nitrogens with one attached hydrogen (secondary N) is 2. The van der Waals surface area contributed by atoms with Gasteiger partial charge in [0, 0.05) is 23.3 Å². The summed E-state index contributed by atoms with van der Waals surface area (Å²) in [5.74, 6) is -2.21. The van der Waals surface area contributed by atoms with Gasteiger partial charge < -0.3 is 20.3 Å². The van der Waals surface area contributed by atoms with Crippen LogP contribution in [0.1, 0.15) is 24.0 Å². The summed E-state index contributed by atoms with van der Waals surface area (Å²) < 4.78 is 6.34. The van der Waals surface area contributed by atoms with E-state index in [1.807, 2.05) is 55.5 Å². The van der Waals surface area contributed by atoms with Crippen LogP contribution in [0, 0.1) is 18.8 Å². The molecule has 3 heterocycles. The third kappa shape index (κ3) is 3.56. The third-order valence-corrected chi connectivity index (χ3v) is 7.96. The number of amides is 3. The Bertz CT molecular complexity index is 1240. The summed E-state index contributed by atoms with van der Waals surface area (Å²) in [6.07, 6.45) is 4.80. The number of carbonyl (C=O) groups excluding carboxylic acids is 3. The molecule has 4 aliphatic rings. The van der Waals surface area contributed by atoms with Gasteiger partial charge in [-0.2, -0.15) is 0 Å². The highest BCUT2D eigenvalue weighted by Crippen LogP contribution is 2.57. The number of hydrogen-bond donors (Lipinski definition) is 2. The number of likely N-dealkylation sites (tertiary alicyclic amines) is 1. The van der Waals surface area contributed by atoms with Crippen molar-refractivity contribution < 1.29 is 19.1 Å². The second-order valence-corrected chi connectivity index (χ2v) is 10.2. The molecule has 8 heteroatoms. The minimum Gasteiger partial charge on any atom is -0.359 e. The first kappa shape index (κ1) is 22.3. The third-order valence-electron chi connectivity index (χ3n) is 7.55. The molecule has 1 aliphatic carbocycles. The Morgan fingerprint density at radius 2 is 1.91 bits per heavy atom. The van der Waals surface area contributed by atoms with Crippen LogP contribution < -0.4 is 10.6 Å². The van der Waals surface area contributed by atoms with Crippen molar-refractivity contribution in [3.63, 3.8) is 0 Å². The standard InChI is InChI=1S/C27H26ClN3O4/c1-15-7-8-17(13-19(15)28)30-24(32)21-20-11-12-27(35-20)22(21)26(34)31(18-9-10-18)23(27)25(33)29-14-16-5-3-2-4-6-16/h2-8,11-13,18,20-23H,9-10,14H2,1H3,(H,29,33)(H,30,32)/t20-,21-,22-,23+,27-/m0/s1. The summed E-state index contributed by atoms with van der Waals surface area (Å²) in [5.41, 5.74) is 1.30. The van der Waals surface area contributed by atoms with Gasteiger partial charge in [0.25, 0.3) is 0 Å². The van der Waals surface area contributed by atoms with E-state index in [0.717, 1.165) is 24.0 Å². The zero-order valence-corrected chi connectivity index (χ0v) is 20.0. The smallest absolute Gasteiger partial charge is 0.246 e. The SMILES string of the molecule is Cc1ccc(NC(=O)[C@H]2[C@@H]3C=C[C@]4(O3)[C@@H]2C(=O)N(C2CC2)[C@@H]4C(=O)NCc2ccccc2)cc1Cl. The second-order valence-electron chi connectivity index (χ2n) is 9.83. The molecule has 7 nitrogen and oxygen atoms in total. The summed E-state index contributed by atoms with van der Waals surface area (Å²) in [6, 6.07) is 14.2. The fourth-order valence-corrected chi connectivity index (χ4v) is 5.91. The van der Waals surface area contributed by atoms with Crippen LogP contribution in [0.15, 0.2) is 60.7 Å². The van der Waals surface area contributed by atoms with Gasteiger partial charge in [0.1, 0.15) is 11.6 Å². The second kappa shape index (κ2) is 8.21. The van der Waals surface area contributed by atoms with Gasteiger partial charge in [-0.1, -0.05) is 60.2 Å². The first-order chi connectivity index (χ1) is 16.9. The molecule has 0 aromatic heterocycles. The van der Waals surface area contributed by atoms with E-state index in [2.05, 4.69) is 10.6 Å². The van der Waals surface area contributed by atoms with E-state index in [0.29, 0.717) is 17.3 Å². The highest BCUT2D eigenvalue weighted by atomic mass is 35.5. The van der Waals surface area contributed by atoms with Crippen LogP contribution in [0.25, 0.3) is 0 Å². The Kier molecular flexibility index (Phi) is 5.23. The maximum Gasteiger partial charge on any atom is 0.246 e. The lowest BCUT2D eigenvalue weighted by Crippen LogP contribution is -2.55. The number of carbonyl (C=O) groups is 3. The number of halogens is 1. The Morgan fingerprint density at radius 3 is 2.63 bits per heavy atom. The lowest BCUT2D eigenvalue weighted by atomic mass is 9.74. The zero-order valence-electron chi connectivity index (χ0n) is 19.2. The van der Waals surface area contributed by atoms with Gasteiger partial charge >= 0.3 is 0 Å². The molecular formula is C27H26ClN3O4. The van der Waals surface area contributed by atoms with Crippen LogP contribution in [0.3, 0.4) is 0 Å². The Hall–Kier alpha value is -3.16. The van der Waals surface area contributed by atoms with Crippen LogP contribution in [0.5, 0.6) is 0 Å². The summed E-state index contributed by atoms with van der Waals surface area (Å²) in [4.78, 5) is 42.4. The van der Waals surface area contributed by atoms with Crippen molar-refractivity contribution in [1.82, 2.24) is 10.2 Å². The largest absolute Gasteiger partial charge is 0.359 e. The number of aryl methyl sites for hydroxylation is 1. The highest BCUT2D eigenvalue weighted by Gasteiger charge is 2.74. The van der Waals surface area contributed by atoms with E-state index in [4.69, 9.17) is 16.3 Å². The fraction of sp³-hybridized carbons (Fsp3) is 0.370. The summed E-state index contributed by atoms with van der Waals surface area (Å²) in [5, 5.41) is 6.46. The summed E-state index contributed by atoms with van der Waals surface area (Å²) >= 11 is 6.23. The minimum atomic E-state index is -1.14. The lowest BCUT2D eigenvalue weighted by molar-refractivity contribution is -0.141. The van der Waals surface area contributed by atoms with E-state index in [-0.39, 0.29) is 23.8 Å². The van der Waals surface area contributed by atoms with Crippen LogP contribution in [-0.2, 0) is 25.7 Å². The number of ether oxygens (including phenoxy) is 1. The first-order valence-corrected chi connectivity index (χ1v) is 12.3. The van der Waals surface area contributed by atoms with Crippen molar-refractivity contribution in [2.75, 3.05) is 5.32 Å². The van der Waals surface area contributed by atoms with Crippen LogP contribution in [0.4, 0.5) is 5.69 Å². The van der Waals surface area contributed by atoms with E-state index in [9.17, 15) is 14.4 Å². The predicted octanol–water partition coefficient (Wildman–Crippen LogP) is 3.22. The average molecular weight is 492 g/mol. The lowest BCUT2D eigenvalue weighted by Gasteiger charge is -2.32. The van der Waals surface area contributed by atoms with Crippen LogP contribution >= 0.6 is 11.6 Å². The molecule has 2 N–H and O–H groups in total. The van der Waals surface area contributed by atoms with Gasteiger partial charge in [0.2, 0.25) is 17.7 Å². The van der Waals surface area contributed by atoms with Gasteiger partial charge in [-0.05, 0) is 43.0 Å². The molecular weight excluding hydrogens is 466 g/mol. The fourth-order valence-electron chi connectivity index (χ4n) is 5.73. The molecule has 35 heavy (non-hydrogen) atoms. The van der Waals surface area contributed by atoms with Gasteiger partial charge in [-0.3, -0.25) is 14.4 Å². The normalized spacial score (nSPS) is 30.5. The van der Waals surface area contributed by atoms with Crippen molar-refractivity contribution >= 4 is 35.0 Å². The quantitative estimate of drug-likeness (QED) is 0.607. The number of benzene rings is 2. The number of hydrogen-bond acceptors (Lipinski definition) is 4. The van der Waals surface area contributed by atoms with Crippen molar-refractivity contribution in [2.24, 2.45) is 11.8 Å². The molecule has 3 fully saturated rings. The molecule has 2 aromatic rings. The average Bonchev–Trinajstić information content (AvgIpc) is 3.45. The van der Waals surface area contributed by atoms with Crippen LogP contribution in [0.2, 0.25) is 5.02 Å². The van der Waals surface area contributed by atoms with Gasteiger partial charge in [-0.25, -0.2) is 0 Å². The van der Waals surface area contributed by atoms with Crippen LogP contribution in [-0.4, -0.2) is 46.4 Å². The minimum absolute atomic E-state index is 0.00520. The van der Waals surface area contributed by atoms with Gasteiger partial charge in [0.15, 0.2) is 0 Å².